The molecule has 0 aliphatic rings. The first kappa shape index (κ1) is 16.7. The maximum Gasteiger partial charge on any atom is 0.335 e. The van der Waals surface area contributed by atoms with E-state index in [0.717, 1.165) is 12.0 Å². The van der Waals surface area contributed by atoms with Crippen LogP contribution in [0.3, 0.4) is 0 Å². The Bertz CT molecular complexity index is 423. The Kier molecular flexibility index (Phi) is 7.35. The number of carboxylic acids is 1. The zero-order chi connectivity index (χ0) is 15.0. The van der Waals surface area contributed by atoms with E-state index >= 15 is 0 Å². The van der Waals surface area contributed by atoms with E-state index in [9.17, 15) is 9.90 Å². The number of unbranched alkanes of at least 4 members (excludes halogenated alkanes) is 2. The smallest absolute Gasteiger partial charge is 0.335 e. The minimum atomic E-state index is -0.817. The molecule has 0 heterocycles. The molecule has 0 spiro atoms. The molecule has 0 aliphatic heterocycles. The first-order chi connectivity index (χ1) is 9.60. The summed E-state index contributed by atoms with van der Waals surface area (Å²) in [5, 5.41) is 9.20. The number of carbonyl (C=O) groups is 1. The molecule has 2 nitrogen and oxygen atoms in total. The van der Waals surface area contributed by atoms with Crippen molar-refractivity contribution in [2.45, 2.75) is 65.7 Å². The van der Waals surface area contributed by atoms with Crippen LogP contribution in [0.1, 0.15) is 73.9 Å². The second-order valence-electron chi connectivity index (χ2n) is 5.75. The predicted molar refractivity (Wildman–Crippen MR) is 84.4 cm³/mol. The van der Waals surface area contributed by atoms with E-state index in [1.165, 1.54) is 44.1 Å². The van der Waals surface area contributed by atoms with Crippen molar-refractivity contribution in [2.24, 2.45) is 5.92 Å². The predicted octanol–water partition coefficient (Wildman–Crippen LogP) is 5.23. The molecule has 0 saturated heterocycles. The van der Waals surface area contributed by atoms with E-state index in [1.54, 1.807) is 6.07 Å². The third-order valence-electron chi connectivity index (χ3n) is 4.10. The molecule has 112 valence electrons. The molecular weight excluding hydrogens is 248 g/mol. The van der Waals surface area contributed by atoms with Crippen molar-refractivity contribution in [1.29, 1.82) is 0 Å². The van der Waals surface area contributed by atoms with Gasteiger partial charge in [0.25, 0.3) is 0 Å². The highest BCUT2D eigenvalue weighted by Crippen LogP contribution is 2.24. The summed E-state index contributed by atoms with van der Waals surface area (Å²) in [6, 6.07) is 5.66. The number of aromatic carboxylic acids is 1. The fraction of sp³-hybridized carbons (Fsp3) is 0.611. The van der Waals surface area contributed by atoms with Gasteiger partial charge in [0, 0.05) is 0 Å². The number of hydrogen-bond acceptors (Lipinski definition) is 1. The SMILES string of the molecule is CCCCCC(CCC)Cc1cccc(C(=O)O)c1C. The van der Waals surface area contributed by atoms with Gasteiger partial charge < -0.3 is 5.11 Å². The van der Waals surface area contributed by atoms with Crippen LogP contribution in [0.25, 0.3) is 0 Å². The molecule has 0 fully saturated rings. The molecule has 1 atom stereocenters. The van der Waals surface area contributed by atoms with E-state index in [1.807, 2.05) is 13.0 Å². The van der Waals surface area contributed by atoms with Crippen molar-refractivity contribution >= 4 is 5.97 Å². The summed E-state index contributed by atoms with van der Waals surface area (Å²) in [6.07, 6.45) is 8.57. The van der Waals surface area contributed by atoms with Crippen LogP contribution in [-0.4, -0.2) is 11.1 Å². The lowest BCUT2D eigenvalue weighted by molar-refractivity contribution is 0.0696. The van der Waals surface area contributed by atoms with Gasteiger partial charge in [0.2, 0.25) is 0 Å². The highest BCUT2D eigenvalue weighted by Gasteiger charge is 2.14. The Balaban J connectivity index is 2.77. The lowest BCUT2D eigenvalue weighted by Crippen LogP contribution is -2.08. The molecule has 1 unspecified atom stereocenters. The van der Waals surface area contributed by atoms with Gasteiger partial charge >= 0.3 is 5.97 Å². The number of benzene rings is 1. The van der Waals surface area contributed by atoms with Crippen molar-refractivity contribution in [2.75, 3.05) is 0 Å². The minimum Gasteiger partial charge on any atom is -0.478 e. The van der Waals surface area contributed by atoms with E-state index in [2.05, 4.69) is 19.9 Å². The van der Waals surface area contributed by atoms with E-state index < -0.39 is 5.97 Å². The van der Waals surface area contributed by atoms with Crippen LogP contribution in [0.5, 0.6) is 0 Å². The second-order valence-corrected chi connectivity index (χ2v) is 5.75. The number of rotatable bonds is 9. The maximum atomic E-state index is 11.2. The topological polar surface area (TPSA) is 37.3 Å². The monoisotopic (exact) mass is 276 g/mol. The average Bonchev–Trinajstić information content (AvgIpc) is 2.41. The summed E-state index contributed by atoms with van der Waals surface area (Å²) < 4.78 is 0. The first-order valence-corrected chi connectivity index (χ1v) is 7.91. The van der Waals surface area contributed by atoms with Gasteiger partial charge in [0.15, 0.2) is 0 Å². The Morgan fingerprint density at radius 2 is 1.90 bits per heavy atom. The summed E-state index contributed by atoms with van der Waals surface area (Å²) >= 11 is 0. The van der Waals surface area contributed by atoms with Crippen LogP contribution in [0.4, 0.5) is 0 Å². The van der Waals surface area contributed by atoms with Crippen molar-refractivity contribution < 1.29 is 9.90 Å². The van der Waals surface area contributed by atoms with Crippen LogP contribution >= 0.6 is 0 Å². The molecule has 20 heavy (non-hydrogen) atoms. The Morgan fingerprint density at radius 1 is 1.15 bits per heavy atom. The molecule has 0 aliphatic carbocycles. The lowest BCUT2D eigenvalue weighted by Gasteiger charge is -2.18. The van der Waals surface area contributed by atoms with Crippen molar-refractivity contribution in [3.05, 3.63) is 34.9 Å². The van der Waals surface area contributed by atoms with Gasteiger partial charge in [-0.2, -0.15) is 0 Å². The zero-order valence-electron chi connectivity index (χ0n) is 13.1. The van der Waals surface area contributed by atoms with Crippen molar-refractivity contribution in [1.82, 2.24) is 0 Å². The van der Waals surface area contributed by atoms with Gasteiger partial charge in [-0.25, -0.2) is 4.79 Å². The molecule has 0 bridgehead atoms. The van der Waals surface area contributed by atoms with E-state index in [-0.39, 0.29) is 0 Å². The van der Waals surface area contributed by atoms with E-state index in [4.69, 9.17) is 0 Å². The Labute approximate surface area is 123 Å². The third kappa shape index (κ3) is 4.99. The zero-order valence-corrected chi connectivity index (χ0v) is 13.1. The van der Waals surface area contributed by atoms with Gasteiger partial charge in [-0.15, -0.1) is 0 Å². The summed E-state index contributed by atoms with van der Waals surface area (Å²) in [4.78, 5) is 11.2. The standard InChI is InChI=1S/C18H28O2/c1-4-6-7-10-15(9-5-2)13-16-11-8-12-17(14(16)3)18(19)20/h8,11-12,15H,4-7,9-10,13H2,1-3H3,(H,19,20). The Morgan fingerprint density at radius 3 is 2.50 bits per heavy atom. The minimum absolute atomic E-state index is 0.450. The molecule has 0 saturated carbocycles. The van der Waals surface area contributed by atoms with Crippen molar-refractivity contribution in [3.63, 3.8) is 0 Å². The molecule has 1 rings (SSSR count). The lowest BCUT2D eigenvalue weighted by atomic mass is 9.87. The van der Waals surface area contributed by atoms with Crippen LogP contribution in [-0.2, 0) is 6.42 Å². The van der Waals surface area contributed by atoms with E-state index in [0.29, 0.717) is 11.5 Å². The summed E-state index contributed by atoms with van der Waals surface area (Å²) in [7, 11) is 0. The highest BCUT2D eigenvalue weighted by atomic mass is 16.4. The molecule has 1 aromatic rings. The second kappa shape index (κ2) is 8.78. The van der Waals surface area contributed by atoms with Crippen LogP contribution in [0, 0.1) is 12.8 Å². The van der Waals surface area contributed by atoms with Crippen LogP contribution in [0.15, 0.2) is 18.2 Å². The number of hydrogen-bond donors (Lipinski definition) is 1. The highest BCUT2D eigenvalue weighted by molar-refractivity contribution is 5.89. The molecule has 2 heteroatoms. The molecular formula is C18H28O2. The summed E-state index contributed by atoms with van der Waals surface area (Å²) in [5.74, 6) is -0.128. The van der Waals surface area contributed by atoms with Gasteiger partial charge in [-0.3, -0.25) is 0 Å². The van der Waals surface area contributed by atoms with Crippen LogP contribution < -0.4 is 0 Å². The fourth-order valence-electron chi connectivity index (χ4n) is 2.89. The molecule has 0 aromatic heterocycles. The quantitative estimate of drug-likeness (QED) is 0.627. The Hall–Kier alpha value is -1.31. The van der Waals surface area contributed by atoms with Gasteiger partial charge in [-0.1, -0.05) is 64.5 Å². The molecule has 0 radical (unpaired) electrons. The average molecular weight is 276 g/mol. The van der Waals surface area contributed by atoms with Gasteiger partial charge in [0.1, 0.15) is 0 Å². The van der Waals surface area contributed by atoms with Crippen LogP contribution in [0.2, 0.25) is 0 Å². The molecule has 1 N–H and O–H groups in total. The summed E-state index contributed by atoms with van der Waals surface area (Å²) in [6.45, 7) is 6.40. The number of carboxylic acid groups (broad SMARTS) is 1. The summed E-state index contributed by atoms with van der Waals surface area (Å²) in [5.41, 5.74) is 2.60. The largest absolute Gasteiger partial charge is 0.478 e. The fourth-order valence-corrected chi connectivity index (χ4v) is 2.89. The first-order valence-electron chi connectivity index (χ1n) is 7.91. The normalized spacial score (nSPS) is 12.3. The molecule has 0 amide bonds. The maximum absolute atomic E-state index is 11.2. The third-order valence-corrected chi connectivity index (χ3v) is 4.10. The van der Waals surface area contributed by atoms with Gasteiger partial charge in [0.05, 0.1) is 5.56 Å². The molecule has 1 aromatic carbocycles. The van der Waals surface area contributed by atoms with Gasteiger partial charge in [-0.05, 0) is 36.5 Å². The van der Waals surface area contributed by atoms with Crippen molar-refractivity contribution in [3.8, 4) is 0 Å².